The smallest absolute Gasteiger partial charge is 0.194 e. The average molecular weight is 306 g/mol. The highest BCUT2D eigenvalue weighted by molar-refractivity contribution is 6.24. The van der Waals surface area contributed by atoms with Gasteiger partial charge in [-0.25, -0.2) is 0 Å². The lowest BCUT2D eigenvalue weighted by Crippen LogP contribution is -2.15. The van der Waals surface area contributed by atoms with Crippen molar-refractivity contribution < 1.29 is 4.79 Å². The average Bonchev–Trinajstić information content (AvgIpc) is 2.64. The Morgan fingerprint density at radius 2 is 1.42 bits per heavy atom. The Bertz CT molecular complexity index is 1120. The lowest BCUT2D eigenvalue weighted by atomic mass is 9.78. The molecule has 0 aromatic heterocycles. The minimum absolute atomic E-state index is 0.0199. The van der Waals surface area contributed by atoms with Crippen molar-refractivity contribution in [2.24, 2.45) is 0 Å². The first-order valence-corrected chi connectivity index (χ1v) is 7.47. The van der Waals surface area contributed by atoms with Crippen molar-refractivity contribution in [3.05, 3.63) is 88.5 Å². The molecule has 0 spiro atoms. The molecule has 3 heteroatoms. The molecule has 0 aliphatic heterocycles. The maximum absolute atomic E-state index is 13.1. The molecule has 0 atom stereocenters. The zero-order chi connectivity index (χ0) is 16.7. The van der Waals surface area contributed by atoms with Gasteiger partial charge in [0.15, 0.2) is 5.78 Å². The van der Waals surface area contributed by atoms with Gasteiger partial charge in [0.05, 0.1) is 0 Å². The lowest BCUT2D eigenvalue weighted by molar-refractivity contribution is 0.103. The third kappa shape index (κ3) is 1.79. The predicted octanol–water partition coefficient (Wildman–Crippen LogP) is 4.23. The Balaban J connectivity index is 2.22. The summed E-state index contributed by atoms with van der Waals surface area (Å²) < 4.78 is 0. The fourth-order valence-electron chi connectivity index (χ4n) is 3.31. The molecular weight excluding hydrogens is 296 g/mol. The minimum atomic E-state index is -0.0728. The second kappa shape index (κ2) is 5.19. The first kappa shape index (κ1) is 13.9. The highest BCUT2D eigenvalue weighted by atomic mass is 16.1. The molecule has 24 heavy (non-hydrogen) atoms. The molecule has 0 N–H and O–H groups in total. The van der Waals surface area contributed by atoms with Crippen LogP contribution in [-0.2, 0) is 0 Å². The molecule has 0 saturated carbocycles. The van der Waals surface area contributed by atoms with E-state index in [0.29, 0.717) is 27.8 Å². The van der Waals surface area contributed by atoms with Crippen LogP contribution in [0.4, 0.5) is 0 Å². The summed E-state index contributed by atoms with van der Waals surface area (Å²) in [5.41, 5.74) is 2.94. The fraction of sp³-hybridized carbons (Fsp3) is 0. The first-order chi connectivity index (χ1) is 11.8. The summed E-state index contributed by atoms with van der Waals surface area (Å²) in [6.07, 6.45) is 0. The van der Waals surface area contributed by atoms with Crippen LogP contribution in [0.1, 0.15) is 27.0 Å². The number of allylic oxidation sites excluding steroid dienone is 1. The number of rotatable bonds is 0. The number of ketones is 1. The predicted molar refractivity (Wildman–Crippen MR) is 91.1 cm³/mol. The SMILES string of the molecule is N#CC(C#N)=C1c2ccccc2C(=O)c2c1ccc1ccccc21. The second-order valence-corrected chi connectivity index (χ2v) is 5.56. The van der Waals surface area contributed by atoms with Crippen molar-refractivity contribution >= 4 is 22.1 Å². The van der Waals surface area contributed by atoms with Gasteiger partial charge in [-0.3, -0.25) is 4.79 Å². The summed E-state index contributed by atoms with van der Waals surface area (Å²) >= 11 is 0. The quantitative estimate of drug-likeness (QED) is 0.457. The van der Waals surface area contributed by atoms with Gasteiger partial charge in [-0.15, -0.1) is 0 Å². The molecule has 110 valence electrons. The molecule has 4 rings (SSSR count). The van der Waals surface area contributed by atoms with Crippen LogP contribution in [0.25, 0.3) is 16.3 Å². The highest BCUT2D eigenvalue weighted by Crippen LogP contribution is 2.40. The molecular formula is C21H10N2O. The molecule has 0 unspecified atom stereocenters. The van der Waals surface area contributed by atoms with E-state index in [1.807, 2.05) is 54.6 Å². The van der Waals surface area contributed by atoms with Crippen LogP contribution >= 0.6 is 0 Å². The van der Waals surface area contributed by atoms with Crippen LogP contribution in [0.5, 0.6) is 0 Å². The first-order valence-electron chi connectivity index (χ1n) is 7.47. The van der Waals surface area contributed by atoms with Gasteiger partial charge in [-0.05, 0) is 21.9 Å². The molecule has 3 aromatic carbocycles. The molecule has 1 aliphatic rings. The van der Waals surface area contributed by atoms with E-state index in [0.717, 1.165) is 10.8 Å². The van der Waals surface area contributed by atoms with Crippen LogP contribution in [-0.4, -0.2) is 5.78 Å². The van der Waals surface area contributed by atoms with Gasteiger partial charge in [0.2, 0.25) is 0 Å². The Morgan fingerprint density at radius 3 is 2.17 bits per heavy atom. The summed E-state index contributed by atoms with van der Waals surface area (Å²) in [5, 5.41) is 20.6. The van der Waals surface area contributed by atoms with E-state index in [1.165, 1.54) is 0 Å². The molecule has 0 bridgehead atoms. The fourth-order valence-corrected chi connectivity index (χ4v) is 3.31. The lowest BCUT2D eigenvalue weighted by Gasteiger charge is -2.23. The van der Waals surface area contributed by atoms with Crippen molar-refractivity contribution in [3.8, 4) is 12.1 Å². The van der Waals surface area contributed by atoms with Crippen molar-refractivity contribution in [1.29, 1.82) is 10.5 Å². The molecule has 0 heterocycles. The van der Waals surface area contributed by atoms with E-state index in [2.05, 4.69) is 0 Å². The topological polar surface area (TPSA) is 64.7 Å². The summed E-state index contributed by atoms with van der Waals surface area (Å²) in [7, 11) is 0. The Labute approximate surface area is 138 Å². The monoisotopic (exact) mass is 306 g/mol. The summed E-state index contributed by atoms with van der Waals surface area (Å²) in [6.45, 7) is 0. The number of nitrogens with zero attached hydrogens (tertiary/aromatic N) is 2. The Morgan fingerprint density at radius 1 is 0.750 bits per heavy atom. The van der Waals surface area contributed by atoms with Crippen LogP contribution in [0, 0.1) is 22.7 Å². The van der Waals surface area contributed by atoms with Crippen LogP contribution in [0.15, 0.2) is 66.2 Å². The van der Waals surface area contributed by atoms with Crippen molar-refractivity contribution in [1.82, 2.24) is 0 Å². The summed E-state index contributed by atoms with van der Waals surface area (Å²) in [5.74, 6) is -0.0728. The molecule has 0 saturated heterocycles. The molecule has 0 radical (unpaired) electrons. The van der Waals surface area contributed by atoms with Crippen molar-refractivity contribution in [3.63, 3.8) is 0 Å². The number of hydrogen-bond donors (Lipinski definition) is 0. The molecule has 0 fully saturated rings. The minimum Gasteiger partial charge on any atom is -0.289 e. The van der Waals surface area contributed by atoms with E-state index in [9.17, 15) is 15.3 Å². The molecule has 3 nitrogen and oxygen atoms in total. The third-order valence-electron chi connectivity index (χ3n) is 4.34. The molecule has 0 amide bonds. The molecule has 3 aromatic rings. The van der Waals surface area contributed by atoms with Crippen LogP contribution in [0.2, 0.25) is 0 Å². The number of nitriles is 2. The van der Waals surface area contributed by atoms with Crippen LogP contribution < -0.4 is 0 Å². The zero-order valence-electron chi connectivity index (χ0n) is 12.6. The van der Waals surface area contributed by atoms with E-state index in [-0.39, 0.29) is 11.4 Å². The van der Waals surface area contributed by atoms with E-state index < -0.39 is 0 Å². The second-order valence-electron chi connectivity index (χ2n) is 5.56. The zero-order valence-corrected chi connectivity index (χ0v) is 12.6. The summed E-state index contributed by atoms with van der Waals surface area (Å²) in [6, 6.07) is 22.5. The van der Waals surface area contributed by atoms with Gasteiger partial charge in [0.1, 0.15) is 17.7 Å². The van der Waals surface area contributed by atoms with Gasteiger partial charge in [-0.1, -0.05) is 60.7 Å². The number of fused-ring (bicyclic) bond motifs is 4. The number of carbonyl (C=O) groups is 1. The highest BCUT2D eigenvalue weighted by Gasteiger charge is 2.30. The molecule has 1 aliphatic carbocycles. The summed E-state index contributed by atoms with van der Waals surface area (Å²) in [4.78, 5) is 13.1. The van der Waals surface area contributed by atoms with Gasteiger partial charge in [0.25, 0.3) is 0 Å². The maximum atomic E-state index is 13.1. The van der Waals surface area contributed by atoms with Gasteiger partial charge in [-0.2, -0.15) is 10.5 Å². The van der Waals surface area contributed by atoms with Crippen molar-refractivity contribution in [2.45, 2.75) is 0 Å². The van der Waals surface area contributed by atoms with Gasteiger partial charge < -0.3 is 0 Å². The largest absolute Gasteiger partial charge is 0.289 e. The van der Waals surface area contributed by atoms with E-state index in [4.69, 9.17) is 0 Å². The van der Waals surface area contributed by atoms with E-state index >= 15 is 0 Å². The third-order valence-corrected chi connectivity index (χ3v) is 4.34. The van der Waals surface area contributed by atoms with Crippen LogP contribution in [0.3, 0.4) is 0 Å². The van der Waals surface area contributed by atoms with E-state index in [1.54, 1.807) is 18.2 Å². The normalized spacial score (nSPS) is 12.1. The van der Waals surface area contributed by atoms with Crippen molar-refractivity contribution in [2.75, 3.05) is 0 Å². The Kier molecular flexibility index (Phi) is 3.02. The number of benzene rings is 3. The van der Waals surface area contributed by atoms with Gasteiger partial charge in [0, 0.05) is 16.7 Å². The maximum Gasteiger partial charge on any atom is 0.194 e. The van der Waals surface area contributed by atoms with Gasteiger partial charge >= 0.3 is 0 Å². The Hall–Kier alpha value is -3.69. The number of carbonyl (C=O) groups excluding carboxylic acids is 1. The number of hydrogen-bond acceptors (Lipinski definition) is 3. The standard InChI is InChI=1S/C21H10N2O/c22-11-14(12-23)19-16-7-3-4-8-17(16)21(24)20-15-6-2-1-5-13(15)9-10-18(19)20/h1-10H.